The van der Waals surface area contributed by atoms with Gasteiger partial charge in [0.2, 0.25) is 0 Å². The minimum Gasteiger partial charge on any atom is -0.462 e. The minimum absolute atomic E-state index is 0.655. The predicted octanol–water partition coefficient (Wildman–Crippen LogP) is 1.19. The Morgan fingerprint density at radius 2 is 2.14 bits per heavy atom. The summed E-state index contributed by atoms with van der Waals surface area (Å²) >= 11 is 1.41. The molecule has 0 aromatic carbocycles. The smallest absolute Gasteiger partial charge is 0.397 e. The van der Waals surface area contributed by atoms with Crippen molar-refractivity contribution in [3.8, 4) is 0 Å². The summed E-state index contributed by atoms with van der Waals surface area (Å²) in [6.07, 6.45) is 0. The van der Waals surface area contributed by atoms with Crippen LogP contribution in [0.15, 0.2) is 11.4 Å². The Kier molecular flexibility index (Phi) is 3.24. The van der Waals surface area contributed by atoms with Gasteiger partial charge in [0.15, 0.2) is 0 Å². The fourth-order valence-electron chi connectivity index (χ4n) is 1.02. The van der Waals surface area contributed by atoms with Gasteiger partial charge in [-0.1, -0.05) is 0 Å². The molecule has 1 heterocycles. The van der Waals surface area contributed by atoms with Gasteiger partial charge in [-0.05, 0) is 23.9 Å². The van der Waals surface area contributed by atoms with Crippen LogP contribution < -0.4 is 4.90 Å². The number of thiophene rings is 1. The highest BCUT2D eigenvalue weighted by Crippen LogP contribution is 2.25. The quantitative estimate of drug-likeness (QED) is 0.520. The molecule has 0 aliphatic carbocycles. The van der Waals surface area contributed by atoms with Gasteiger partial charge < -0.3 is 4.74 Å². The molecule has 1 aromatic heterocycles. The molecular formula is C9H11NO3S. The Labute approximate surface area is 86.1 Å². The van der Waals surface area contributed by atoms with E-state index in [0.717, 1.165) is 10.6 Å². The number of hydrogen-bond donors (Lipinski definition) is 0. The predicted molar refractivity (Wildman–Crippen MR) is 54.5 cm³/mol. The van der Waals surface area contributed by atoms with Crippen LogP contribution in [0.1, 0.15) is 5.56 Å². The van der Waals surface area contributed by atoms with Crippen molar-refractivity contribution >= 4 is 28.2 Å². The van der Waals surface area contributed by atoms with E-state index in [1.807, 2.05) is 18.4 Å². The first-order valence-electron chi connectivity index (χ1n) is 3.98. The lowest BCUT2D eigenvalue weighted by molar-refractivity contribution is -0.151. The molecule has 1 aromatic rings. The number of ether oxygens (including phenoxy) is 1. The van der Waals surface area contributed by atoms with Gasteiger partial charge in [0.05, 0.1) is 7.11 Å². The SMILES string of the molecule is COC(=O)C(=O)N(C)c1sccc1C. The third-order valence-electron chi connectivity index (χ3n) is 1.80. The van der Waals surface area contributed by atoms with Crippen LogP contribution in [0.25, 0.3) is 0 Å². The Morgan fingerprint density at radius 1 is 1.50 bits per heavy atom. The van der Waals surface area contributed by atoms with Gasteiger partial charge in [0.25, 0.3) is 0 Å². The first kappa shape index (κ1) is 10.7. The van der Waals surface area contributed by atoms with Gasteiger partial charge in [-0.25, -0.2) is 4.79 Å². The van der Waals surface area contributed by atoms with Gasteiger partial charge in [-0.3, -0.25) is 9.69 Å². The number of hydrogen-bond acceptors (Lipinski definition) is 4. The number of likely N-dealkylation sites (N-methyl/N-ethyl adjacent to an activating group) is 1. The molecule has 0 atom stereocenters. The standard InChI is InChI=1S/C9H11NO3S/c1-6-4-5-14-8(6)10(2)7(11)9(12)13-3/h4-5H,1-3H3. The average Bonchev–Trinajstić information content (AvgIpc) is 2.61. The van der Waals surface area contributed by atoms with Crippen LogP contribution in [0.3, 0.4) is 0 Å². The highest BCUT2D eigenvalue weighted by atomic mass is 32.1. The van der Waals surface area contributed by atoms with E-state index in [2.05, 4.69) is 4.74 Å². The lowest BCUT2D eigenvalue weighted by atomic mass is 10.3. The van der Waals surface area contributed by atoms with Crippen molar-refractivity contribution in [1.82, 2.24) is 0 Å². The third kappa shape index (κ3) is 1.93. The Bertz CT molecular complexity index is 359. The zero-order chi connectivity index (χ0) is 10.7. The summed E-state index contributed by atoms with van der Waals surface area (Å²) in [4.78, 5) is 23.6. The number of rotatable bonds is 1. The molecule has 0 fully saturated rings. The fraction of sp³-hybridized carbons (Fsp3) is 0.333. The molecule has 0 aliphatic heterocycles. The third-order valence-corrected chi connectivity index (χ3v) is 2.90. The van der Waals surface area contributed by atoms with Crippen LogP contribution in [0.2, 0.25) is 0 Å². The molecule has 0 aliphatic rings. The van der Waals surface area contributed by atoms with Crippen LogP contribution in [0.4, 0.5) is 5.00 Å². The Morgan fingerprint density at radius 3 is 2.57 bits per heavy atom. The van der Waals surface area contributed by atoms with Crippen molar-refractivity contribution in [3.05, 3.63) is 17.0 Å². The van der Waals surface area contributed by atoms with E-state index in [4.69, 9.17) is 0 Å². The van der Waals surface area contributed by atoms with Crippen molar-refractivity contribution in [1.29, 1.82) is 0 Å². The summed E-state index contributed by atoms with van der Waals surface area (Å²) < 4.78 is 4.35. The lowest BCUT2D eigenvalue weighted by Gasteiger charge is -2.14. The van der Waals surface area contributed by atoms with E-state index in [-0.39, 0.29) is 0 Å². The molecule has 1 rings (SSSR count). The Balaban J connectivity index is 2.86. The zero-order valence-electron chi connectivity index (χ0n) is 8.23. The number of nitrogens with zero attached hydrogens (tertiary/aromatic N) is 1. The fourth-order valence-corrected chi connectivity index (χ4v) is 1.92. The van der Waals surface area contributed by atoms with Gasteiger partial charge in [-0.15, -0.1) is 11.3 Å². The number of carbonyl (C=O) groups is 2. The summed E-state index contributed by atoms with van der Waals surface area (Å²) in [6.45, 7) is 1.88. The molecule has 0 saturated heterocycles. The number of aryl methyl sites for hydroxylation is 1. The van der Waals surface area contributed by atoms with Gasteiger partial charge in [0, 0.05) is 7.05 Å². The number of anilines is 1. The van der Waals surface area contributed by atoms with E-state index in [1.165, 1.54) is 23.3 Å². The van der Waals surface area contributed by atoms with E-state index >= 15 is 0 Å². The first-order valence-corrected chi connectivity index (χ1v) is 4.86. The number of carbonyl (C=O) groups excluding carboxylic acids is 2. The van der Waals surface area contributed by atoms with Crippen molar-refractivity contribution in [2.45, 2.75) is 6.92 Å². The Hall–Kier alpha value is -1.36. The van der Waals surface area contributed by atoms with Crippen molar-refractivity contribution in [2.24, 2.45) is 0 Å². The molecule has 4 nitrogen and oxygen atoms in total. The zero-order valence-corrected chi connectivity index (χ0v) is 9.05. The van der Waals surface area contributed by atoms with E-state index in [1.54, 1.807) is 7.05 Å². The van der Waals surface area contributed by atoms with Crippen LogP contribution >= 0.6 is 11.3 Å². The maximum Gasteiger partial charge on any atom is 0.397 e. The second kappa shape index (κ2) is 4.23. The van der Waals surface area contributed by atoms with Gasteiger partial charge in [0.1, 0.15) is 5.00 Å². The minimum atomic E-state index is -0.847. The highest BCUT2D eigenvalue weighted by Gasteiger charge is 2.22. The highest BCUT2D eigenvalue weighted by molar-refractivity contribution is 7.14. The topological polar surface area (TPSA) is 46.6 Å². The molecule has 76 valence electrons. The average molecular weight is 213 g/mol. The van der Waals surface area contributed by atoms with Crippen LogP contribution in [-0.2, 0) is 14.3 Å². The van der Waals surface area contributed by atoms with Crippen LogP contribution in [0, 0.1) is 6.92 Å². The summed E-state index contributed by atoms with van der Waals surface area (Å²) in [5.41, 5.74) is 0.967. The molecule has 14 heavy (non-hydrogen) atoms. The van der Waals surface area contributed by atoms with E-state index in [0.29, 0.717) is 0 Å². The summed E-state index contributed by atoms with van der Waals surface area (Å²) in [7, 11) is 2.74. The number of amides is 1. The van der Waals surface area contributed by atoms with Crippen LogP contribution in [-0.4, -0.2) is 26.0 Å². The number of esters is 1. The monoisotopic (exact) mass is 213 g/mol. The van der Waals surface area contributed by atoms with E-state index < -0.39 is 11.9 Å². The summed E-state index contributed by atoms with van der Waals surface area (Å²) in [5, 5.41) is 2.63. The summed E-state index contributed by atoms with van der Waals surface area (Å²) in [5.74, 6) is -1.50. The molecule has 0 radical (unpaired) electrons. The molecular weight excluding hydrogens is 202 g/mol. The molecule has 0 saturated carbocycles. The molecule has 0 bridgehead atoms. The maximum absolute atomic E-state index is 11.4. The van der Waals surface area contributed by atoms with Crippen molar-refractivity contribution in [2.75, 3.05) is 19.1 Å². The molecule has 0 unspecified atom stereocenters. The molecule has 1 amide bonds. The second-order valence-electron chi connectivity index (χ2n) is 2.76. The normalized spacial score (nSPS) is 9.64. The molecule has 5 heteroatoms. The second-order valence-corrected chi connectivity index (χ2v) is 3.66. The van der Waals surface area contributed by atoms with Crippen LogP contribution in [0.5, 0.6) is 0 Å². The lowest BCUT2D eigenvalue weighted by Crippen LogP contribution is -2.33. The van der Waals surface area contributed by atoms with Crippen molar-refractivity contribution in [3.63, 3.8) is 0 Å². The van der Waals surface area contributed by atoms with Crippen molar-refractivity contribution < 1.29 is 14.3 Å². The number of methoxy groups -OCH3 is 1. The largest absolute Gasteiger partial charge is 0.462 e. The molecule has 0 spiro atoms. The molecule has 0 N–H and O–H groups in total. The van der Waals surface area contributed by atoms with Gasteiger partial charge in [-0.2, -0.15) is 0 Å². The first-order chi connectivity index (χ1) is 6.57. The van der Waals surface area contributed by atoms with E-state index in [9.17, 15) is 9.59 Å². The summed E-state index contributed by atoms with van der Waals surface area (Å²) in [6, 6.07) is 1.89. The maximum atomic E-state index is 11.4. The van der Waals surface area contributed by atoms with Gasteiger partial charge >= 0.3 is 11.9 Å².